The van der Waals surface area contributed by atoms with Gasteiger partial charge in [0.25, 0.3) is 0 Å². The zero-order chi connectivity index (χ0) is 14.8. The van der Waals surface area contributed by atoms with Crippen LogP contribution in [0, 0.1) is 5.41 Å². The third kappa shape index (κ3) is 3.22. The van der Waals surface area contributed by atoms with Crippen LogP contribution in [0.4, 0.5) is 0 Å². The van der Waals surface area contributed by atoms with Gasteiger partial charge in [0.05, 0.1) is 6.10 Å². The number of benzene rings is 1. The second-order valence-corrected chi connectivity index (χ2v) is 7.29. The van der Waals surface area contributed by atoms with Gasteiger partial charge in [-0.1, -0.05) is 39.0 Å². The van der Waals surface area contributed by atoms with Gasteiger partial charge in [-0.25, -0.2) is 0 Å². The molecule has 2 nitrogen and oxygen atoms in total. The summed E-state index contributed by atoms with van der Waals surface area (Å²) in [5, 5.41) is 7.10. The van der Waals surface area contributed by atoms with E-state index in [2.05, 4.69) is 55.7 Å². The maximum Gasteiger partial charge on any atom is 0.0775 e. The van der Waals surface area contributed by atoms with E-state index in [-0.39, 0.29) is 11.5 Å². The van der Waals surface area contributed by atoms with Gasteiger partial charge in [-0.3, -0.25) is 0 Å². The van der Waals surface area contributed by atoms with Crippen molar-refractivity contribution in [2.24, 2.45) is 5.41 Å². The quantitative estimate of drug-likeness (QED) is 0.896. The lowest BCUT2D eigenvalue weighted by molar-refractivity contribution is -0.00912. The maximum absolute atomic E-state index is 5.77. The Hall–Kier alpha value is -0.900. The predicted molar refractivity (Wildman–Crippen MR) is 88.6 cm³/mol. The Kier molecular flexibility index (Phi) is 4.84. The van der Waals surface area contributed by atoms with Crippen LogP contribution in [0.5, 0.6) is 0 Å². The molecule has 0 spiro atoms. The van der Waals surface area contributed by atoms with Crippen molar-refractivity contribution in [2.45, 2.75) is 39.3 Å². The molecule has 2 rings (SSSR count). The molecule has 110 valence electrons. The SMILES string of the molecule is CNC(Cc1csc2ccccc12)C(OC)C(C)(C)C. The molecule has 0 bridgehead atoms. The first-order chi connectivity index (χ1) is 9.47. The van der Waals surface area contributed by atoms with Gasteiger partial charge < -0.3 is 10.1 Å². The number of fused-ring (bicyclic) bond motifs is 1. The Morgan fingerprint density at radius 2 is 1.95 bits per heavy atom. The maximum atomic E-state index is 5.77. The number of thiophene rings is 1. The second kappa shape index (κ2) is 6.25. The fraction of sp³-hybridized carbons (Fsp3) is 0.529. The van der Waals surface area contributed by atoms with Crippen molar-refractivity contribution >= 4 is 21.4 Å². The van der Waals surface area contributed by atoms with Crippen LogP contribution in [0.25, 0.3) is 10.1 Å². The normalized spacial score (nSPS) is 15.4. The fourth-order valence-corrected chi connectivity index (χ4v) is 3.89. The minimum atomic E-state index is 0.119. The van der Waals surface area contributed by atoms with Gasteiger partial charge in [0.1, 0.15) is 0 Å². The number of hydrogen-bond acceptors (Lipinski definition) is 3. The van der Waals surface area contributed by atoms with E-state index in [1.807, 2.05) is 25.5 Å². The number of ether oxygens (including phenoxy) is 1. The summed E-state index contributed by atoms with van der Waals surface area (Å²) < 4.78 is 7.13. The molecule has 20 heavy (non-hydrogen) atoms. The molecular formula is C17H25NOS. The van der Waals surface area contributed by atoms with Crippen molar-refractivity contribution in [1.82, 2.24) is 5.32 Å². The van der Waals surface area contributed by atoms with Crippen LogP contribution in [0.2, 0.25) is 0 Å². The summed E-state index contributed by atoms with van der Waals surface area (Å²) in [6.07, 6.45) is 1.18. The van der Waals surface area contributed by atoms with Gasteiger partial charge in [-0.05, 0) is 41.3 Å². The van der Waals surface area contributed by atoms with Gasteiger partial charge in [0.15, 0.2) is 0 Å². The van der Waals surface area contributed by atoms with E-state index >= 15 is 0 Å². The van der Waals surface area contributed by atoms with Crippen LogP contribution in [0.1, 0.15) is 26.3 Å². The molecule has 1 heterocycles. The molecule has 0 aliphatic carbocycles. The lowest BCUT2D eigenvalue weighted by Gasteiger charge is -2.36. The minimum Gasteiger partial charge on any atom is -0.379 e. The average molecular weight is 291 g/mol. The highest BCUT2D eigenvalue weighted by Gasteiger charge is 2.31. The third-order valence-electron chi connectivity index (χ3n) is 3.84. The Balaban J connectivity index is 2.26. The molecular weight excluding hydrogens is 266 g/mol. The van der Waals surface area contributed by atoms with Gasteiger partial charge >= 0.3 is 0 Å². The second-order valence-electron chi connectivity index (χ2n) is 6.38. The third-order valence-corrected chi connectivity index (χ3v) is 4.86. The summed E-state index contributed by atoms with van der Waals surface area (Å²) in [4.78, 5) is 0. The van der Waals surface area contributed by atoms with Crippen molar-refractivity contribution < 1.29 is 4.74 Å². The topological polar surface area (TPSA) is 21.3 Å². The molecule has 3 heteroatoms. The summed E-state index contributed by atoms with van der Waals surface area (Å²) in [7, 11) is 3.84. The molecule has 2 atom stereocenters. The molecule has 0 fully saturated rings. The summed E-state index contributed by atoms with van der Waals surface area (Å²) >= 11 is 1.82. The summed E-state index contributed by atoms with van der Waals surface area (Å²) in [5.41, 5.74) is 1.53. The molecule has 2 aromatic rings. The first-order valence-electron chi connectivity index (χ1n) is 7.12. The highest BCUT2D eigenvalue weighted by atomic mass is 32.1. The number of likely N-dealkylation sites (N-methyl/N-ethyl adjacent to an activating group) is 1. The standard InChI is InChI=1S/C17H25NOS/c1-17(2,3)16(19-5)14(18-4)10-12-11-20-15-9-7-6-8-13(12)15/h6-9,11,14,16,18H,10H2,1-5H3. The summed E-state index contributed by atoms with van der Waals surface area (Å²) in [5.74, 6) is 0. The fourth-order valence-electron chi connectivity index (χ4n) is 2.91. The van der Waals surface area contributed by atoms with Crippen LogP contribution in [-0.2, 0) is 11.2 Å². The van der Waals surface area contributed by atoms with Gasteiger partial charge in [0, 0.05) is 17.9 Å². The van der Waals surface area contributed by atoms with Crippen LogP contribution >= 0.6 is 11.3 Å². The number of hydrogen-bond donors (Lipinski definition) is 1. The lowest BCUT2D eigenvalue weighted by Crippen LogP contribution is -2.47. The first-order valence-corrected chi connectivity index (χ1v) is 8.00. The van der Waals surface area contributed by atoms with Crippen molar-refractivity contribution in [3.05, 3.63) is 35.2 Å². The molecule has 2 unspecified atom stereocenters. The Morgan fingerprint density at radius 1 is 1.25 bits per heavy atom. The Labute approximate surface area is 126 Å². The highest BCUT2D eigenvalue weighted by molar-refractivity contribution is 7.17. The predicted octanol–water partition coefficient (Wildman–Crippen LogP) is 4.09. The molecule has 1 N–H and O–H groups in total. The van der Waals surface area contributed by atoms with Crippen molar-refractivity contribution in [3.63, 3.8) is 0 Å². The zero-order valence-corrected chi connectivity index (χ0v) is 13.9. The van der Waals surface area contributed by atoms with Gasteiger partial charge in [0.2, 0.25) is 0 Å². The average Bonchev–Trinajstić information content (AvgIpc) is 2.80. The molecule has 0 aliphatic rings. The largest absolute Gasteiger partial charge is 0.379 e. The Morgan fingerprint density at radius 3 is 2.55 bits per heavy atom. The van der Waals surface area contributed by atoms with E-state index in [9.17, 15) is 0 Å². The Bertz CT molecular complexity index is 555. The molecule has 0 amide bonds. The van der Waals surface area contributed by atoms with Gasteiger partial charge in [-0.2, -0.15) is 0 Å². The molecule has 0 saturated heterocycles. The van der Waals surface area contributed by atoms with Crippen molar-refractivity contribution in [2.75, 3.05) is 14.2 Å². The molecule has 0 radical (unpaired) electrons. The van der Waals surface area contributed by atoms with E-state index in [1.54, 1.807) is 0 Å². The number of nitrogens with one attached hydrogen (secondary N) is 1. The van der Waals surface area contributed by atoms with Crippen LogP contribution in [0.15, 0.2) is 29.6 Å². The van der Waals surface area contributed by atoms with E-state index in [0.29, 0.717) is 6.04 Å². The molecule has 0 aliphatic heterocycles. The summed E-state index contributed by atoms with van der Waals surface area (Å²) in [6.45, 7) is 6.70. The summed E-state index contributed by atoms with van der Waals surface area (Å²) in [6, 6.07) is 8.94. The van der Waals surface area contributed by atoms with Crippen molar-refractivity contribution in [3.8, 4) is 0 Å². The van der Waals surface area contributed by atoms with Crippen LogP contribution in [-0.4, -0.2) is 26.3 Å². The molecule has 1 aromatic heterocycles. The van der Waals surface area contributed by atoms with E-state index in [4.69, 9.17) is 4.74 Å². The van der Waals surface area contributed by atoms with E-state index < -0.39 is 0 Å². The monoisotopic (exact) mass is 291 g/mol. The van der Waals surface area contributed by atoms with Gasteiger partial charge in [-0.15, -0.1) is 11.3 Å². The van der Waals surface area contributed by atoms with E-state index in [0.717, 1.165) is 6.42 Å². The van der Waals surface area contributed by atoms with Crippen LogP contribution in [0.3, 0.4) is 0 Å². The first kappa shape index (κ1) is 15.5. The molecule has 0 saturated carbocycles. The lowest BCUT2D eigenvalue weighted by atomic mass is 9.82. The van der Waals surface area contributed by atoms with E-state index in [1.165, 1.54) is 15.6 Å². The number of rotatable bonds is 5. The smallest absolute Gasteiger partial charge is 0.0775 e. The van der Waals surface area contributed by atoms with Crippen LogP contribution < -0.4 is 5.32 Å². The zero-order valence-electron chi connectivity index (χ0n) is 13.1. The minimum absolute atomic E-state index is 0.119. The molecule has 1 aromatic carbocycles. The number of methoxy groups -OCH3 is 1. The van der Waals surface area contributed by atoms with Crippen molar-refractivity contribution in [1.29, 1.82) is 0 Å². The highest BCUT2D eigenvalue weighted by Crippen LogP contribution is 2.30.